The number of hydrogen-bond donors (Lipinski definition) is 2. The molecule has 0 amide bonds. The quantitative estimate of drug-likeness (QED) is 0.738. The molecule has 0 aliphatic rings. The van der Waals surface area contributed by atoms with E-state index in [4.69, 9.17) is 5.73 Å². The van der Waals surface area contributed by atoms with Gasteiger partial charge in [-0.2, -0.15) is 0 Å². The first-order chi connectivity index (χ1) is 4.74. The summed E-state index contributed by atoms with van der Waals surface area (Å²) in [5, 5.41) is 2.88. The highest BCUT2D eigenvalue weighted by molar-refractivity contribution is 14.1. The lowest BCUT2D eigenvalue weighted by molar-refractivity contribution is 1.28. The van der Waals surface area contributed by atoms with Gasteiger partial charge in [0.1, 0.15) is 5.82 Å². The Hall–Kier alpha value is -0.520. The van der Waals surface area contributed by atoms with Gasteiger partial charge in [0, 0.05) is 16.8 Å². The number of anilines is 2. The average molecular weight is 249 g/mol. The van der Waals surface area contributed by atoms with Crippen molar-refractivity contribution >= 4 is 34.1 Å². The Morgan fingerprint density at radius 3 is 2.90 bits per heavy atom. The molecule has 0 atom stereocenters. The van der Waals surface area contributed by atoms with Crippen LogP contribution < -0.4 is 11.1 Å². The number of nitrogens with zero attached hydrogens (tertiary/aromatic N) is 1. The Labute approximate surface area is 73.2 Å². The molecular weight excluding hydrogens is 241 g/mol. The van der Waals surface area contributed by atoms with Crippen molar-refractivity contribution in [3.05, 3.63) is 15.8 Å². The summed E-state index contributed by atoms with van der Waals surface area (Å²) >= 11 is 2.17. The Morgan fingerprint density at radius 1 is 1.70 bits per heavy atom. The fourth-order valence-electron chi connectivity index (χ4n) is 0.664. The van der Waals surface area contributed by atoms with Crippen LogP contribution in [0, 0.1) is 3.57 Å². The lowest BCUT2D eigenvalue weighted by Crippen LogP contribution is -1.98. The molecule has 1 aromatic heterocycles. The van der Waals surface area contributed by atoms with E-state index in [0.29, 0.717) is 5.69 Å². The normalized spacial score (nSPS) is 9.40. The van der Waals surface area contributed by atoms with Crippen LogP contribution in [0.1, 0.15) is 0 Å². The van der Waals surface area contributed by atoms with Gasteiger partial charge in [0.15, 0.2) is 0 Å². The molecule has 0 aromatic carbocycles. The molecular formula is C6H8IN3. The van der Waals surface area contributed by atoms with E-state index >= 15 is 0 Å². The molecule has 4 heteroatoms. The minimum absolute atomic E-state index is 0.689. The van der Waals surface area contributed by atoms with Gasteiger partial charge in [-0.3, -0.25) is 0 Å². The summed E-state index contributed by atoms with van der Waals surface area (Å²) in [4.78, 5) is 4.05. The van der Waals surface area contributed by atoms with Gasteiger partial charge in [-0.1, -0.05) is 0 Å². The maximum absolute atomic E-state index is 5.60. The molecule has 0 radical (unpaired) electrons. The number of nitrogens with one attached hydrogen (secondary N) is 1. The maximum Gasteiger partial charge on any atom is 0.148 e. The SMILES string of the molecule is CNc1ncc(I)cc1N. The highest BCUT2D eigenvalue weighted by atomic mass is 127. The van der Waals surface area contributed by atoms with Crippen LogP contribution in [-0.4, -0.2) is 12.0 Å². The second-order valence-corrected chi connectivity index (χ2v) is 3.09. The first kappa shape index (κ1) is 7.59. The first-order valence-corrected chi connectivity index (χ1v) is 3.90. The standard InChI is InChI=1S/C6H8IN3/c1-9-6-5(8)2-4(7)3-10-6/h2-3H,8H2,1H3,(H,9,10). The van der Waals surface area contributed by atoms with E-state index in [1.807, 2.05) is 6.07 Å². The third-order valence-electron chi connectivity index (χ3n) is 1.12. The Kier molecular flexibility index (Phi) is 2.31. The number of pyridine rings is 1. The minimum Gasteiger partial charge on any atom is -0.396 e. The summed E-state index contributed by atoms with van der Waals surface area (Å²) in [6, 6.07) is 1.87. The Morgan fingerprint density at radius 2 is 2.40 bits per heavy atom. The average Bonchev–Trinajstić information content (AvgIpc) is 1.88. The lowest BCUT2D eigenvalue weighted by atomic mass is 10.4. The fourth-order valence-corrected chi connectivity index (χ4v) is 1.14. The zero-order chi connectivity index (χ0) is 7.56. The van der Waals surface area contributed by atoms with Gasteiger partial charge in [-0.25, -0.2) is 4.98 Å². The molecule has 0 unspecified atom stereocenters. The van der Waals surface area contributed by atoms with Crippen LogP contribution in [0.3, 0.4) is 0 Å². The van der Waals surface area contributed by atoms with Gasteiger partial charge in [0.05, 0.1) is 5.69 Å². The van der Waals surface area contributed by atoms with E-state index < -0.39 is 0 Å². The van der Waals surface area contributed by atoms with Crippen LogP contribution >= 0.6 is 22.6 Å². The number of nitrogen functional groups attached to an aromatic ring is 1. The summed E-state index contributed by atoms with van der Waals surface area (Å²) in [5.41, 5.74) is 6.29. The third kappa shape index (κ3) is 1.50. The highest BCUT2D eigenvalue weighted by Crippen LogP contribution is 2.16. The van der Waals surface area contributed by atoms with Crippen molar-refractivity contribution in [2.75, 3.05) is 18.1 Å². The Bertz CT molecular complexity index is 236. The number of aromatic nitrogens is 1. The topological polar surface area (TPSA) is 50.9 Å². The molecule has 1 heterocycles. The molecule has 1 rings (SSSR count). The van der Waals surface area contributed by atoms with E-state index in [2.05, 4.69) is 32.9 Å². The molecule has 10 heavy (non-hydrogen) atoms. The van der Waals surface area contributed by atoms with Crippen LogP contribution in [0.25, 0.3) is 0 Å². The van der Waals surface area contributed by atoms with Gasteiger partial charge in [-0.15, -0.1) is 0 Å². The maximum atomic E-state index is 5.60. The molecule has 1 aromatic rings. The summed E-state index contributed by atoms with van der Waals surface area (Å²) in [7, 11) is 1.80. The predicted molar refractivity (Wildman–Crippen MR) is 50.9 cm³/mol. The third-order valence-corrected chi connectivity index (χ3v) is 1.71. The molecule has 0 saturated carbocycles. The summed E-state index contributed by atoms with van der Waals surface area (Å²) in [6.07, 6.45) is 1.77. The molecule has 3 nitrogen and oxygen atoms in total. The van der Waals surface area contributed by atoms with Crippen LogP contribution in [0.2, 0.25) is 0 Å². The second kappa shape index (κ2) is 3.05. The van der Waals surface area contributed by atoms with Crippen molar-refractivity contribution in [3.63, 3.8) is 0 Å². The molecule has 0 aliphatic carbocycles. The summed E-state index contributed by atoms with van der Waals surface area (Å²) < 4.78 is 1.05. The van der Waals surface area contributed by atoms with Crippen LogP contribution in [0.15, 0.2) is 12.3 Å². The monoisotopic (exact) mass is 249 g/mol. The van der Waals surface area contributed by atoms with Crippen molar-refractivity contribution < 1.29 is 0 Å². The van der Waals surface area contributed by atoms with E-state index in [0.717, 1.165) is 9.39 Å². The molecule has 54 valence electrons. The fraction of sp³-hybridized carbons (Fsp3) is 0.167. The summed E-state index contributed by atoms with van der Waals surface area (Å²) in [6.45, 7) is 0. The Balaban J connectivity index is 3.07. The summed E-state index contributed by atoms with van der Waals surface area (Å²) in [5.74, 6) is 0.736. The zero-order valence-electron chi connectivity index (χ0n) is 5.56. The van der Waals surface area contributed by atoms with Crippen LogP contribution in [0.4, 0.5) is 11.5 Å². The second-order valence-electron chi connectivity index (χ2n) is 1.84. The highest BCUT2D eigenvalue weighted by Gasteiger charge is 1.96. The van der Waals surface area contributed by atoms with Gasteiger partial charge in [0.25, 0.3) is 0 Å². The molecule has 0 saturated heterocycles. The molecule has 0 bridgehead atoms. The van der Waals surface area contributed by atoms with Crippen molar-refractivity contribution in [1.29, 1.82) is 0 Å². The van der Waals surface area contributed by atoms with Gasteiger partial charge in [-0.05, 0) is 28.7 Å². The zero-order valence-corrected chi connectivity index (χ0v) is 7.71. The molecule has 0 fully saturated rings. The van der Waals surface area contributed by atoms with Gasteiger partial charge in [0.2, 0.25) is 0 Å². The largest absolute Gasteiger partial charge is 0.396 e. The lowest BCUT2D eigenvalue weighted by Gasteiger charge is -2.01. The van der Waals surface area contributed by atoms with E-state index in [9.17, 15) is 0 Å². The van der Waals surface area contributed by atoms with Crippen molar-refractivity contribution in [2.45, 2.75) is 0 Å². The minimum atomic E-state index is 0.689. The molecule has 0 aliphatic heterocycles. The first-order valence-electron chi connectivity index (χ1n) is 2.83. The van der Waals surface area contributed by atoms with E-state index in [-0.39, 0.29) is 0 Å². The van der Waals surface area contributed by atoms with Crippen molar-refractivity contribution in [2.24, 2.45) is 0 Å². The number of rotatable bonds is 1. The van der Waals surface area contributed by atoms with Crippen LogP contribution in [-0.2, 0) is 0 Å². The van der Waals surface area contributed by atoms with E-state index in [1.54, 1.807) is 13.2 Å². The number of nitrogens with two attached hydrogens (primary N) is 1. The number of halogens is 1. The van der Waals surface area contributed by atoms with Crippen molar-refractivity contribution in [3.8, 4) is 0 Å². The molecule has 3 N–H and O–H groups in total. The predicted octanol–water partition coefficient (Wildman–Crippen LogP) is 1.31. The number of hydrogen-bond acceptors (Lipinski definition) is 3. The van der Waals surface area contributed by atoms with Crippen molar-refractivity contribution in [1.82, 2.24) is 4.98 Å². The van der Waals surface area contributed by atoms with Gasteiger partial charge < -0.3 is 11.1 Å². The molecule has 0 spiro atoms. The smallest absolute Gasteiger partial charge is 0.148 e. The van der Waals surface area contributed by atoms with Gasteiger partial charge >= 0.3 is 0 Å². The van der Waals surface area contributed by atoms with E-state index in [1.165, 1.54) is 0 Å². The van der Waals surface area contributed by atoms with Crippen LogP contribution in [0.5, 0.6) is 0 Å².